The average molecular weight is 256 g/mol. The van der Waals surface area contributed by atoms with Gasteiger partial charge in [0.05, 0.1) is 6.61 Å². The molecule has 0 aromatic heterocycles. The summed E-state index contributed by atoms with van der Waals surface area (Å²) in [6.07, 6.45) is 4.20. The van der Waals surface area contributed by atoms with Gasteiger partial charge in [-0.05, 0) is 20.3 Å². The molecule has 0 aliphatic heterocycles. The zero-order valence-corrected chi connectivity index (χ0v) is 11.7. The zero-order chi connectivity index (χ0) is 14.0. The van der Waals surface area contributed by atoms with Crippen LogP contribution < -0.4 is 5.32 Å². The number of nitrogens with zero attached hydrogens (tertiary/aromatic N) is 1. The van der Waals surface area contributed by atoms with Crippen LogP contribution in [-0.2, 0) is 14.3 Å². The monoisotopic (exact) mass is 256 g/mol. The van der Waals surface area contributed by atoms with Crippen LogP contribution in [-0.4, -0.2) is 49.6 Å². The van der Waals surface area contributed by atoms with Crippen LogP contribution in [0.4, 0.5) is 0 Å². The summed E-state index contributed by atoms with van der Waals surface area (Å²) < 4.78 is 5.16. The molecular weight excluding hydrogens is 232 g/mol. The smallest absolute Gasteiger partial charge is 0.245 e. The van der Waals surface area contributed by atoms with Crippen LogP contribution >= 0.6 is 0 Å². The van der Waals surface area contributed by atoms with Gasteiger partial charge < -0.3 is 15.0 Å². The topological polar surface area (TPSA) is 58.6 Å². The van der Waals surface area contributed by atoms with Crippen LogP contribution in [0.15, 0.2) is 12.2 Å². The van der Waals surface area contributed by atoms with Crippen LogP contribution in [0, 0.1) is 0 Å². The molecule has 0 bridgehead atoms. The predicted molar refractivity (Wildman–Crippen MR) is 71.2 cm³/mol. The number of amides is 2. The van der Waals surface area contributed by atoms with E-state index in [1.54, 1.807) is 11.9 Å². The molecule has 2 amide bonds. The average Bonchev–Trinajstić information content (AvgIpc) is 2.34. The minimum atomic E-state index is -0.495. The Bertz CT molecular complexity index is 290. The van der Waals surface area contributed by atoms with Gasteiger partial charge in [0.1, 0.15) is 6.04 Å². The van der Waals surface area contributed by atoms with Crippen molar-refractivity contribution in [3.8, 4) is 0 Å². The van der Waals surface area contributed by atoms with Gasteiger partial charge in [-0.25, -0.2) is 0 Å². The highest BCUT2D eigenvalue weighted by Gasteiger charge is 2.20. The van der Waals surface area contributed by atoms with Gasteiger partial charge in [-0.3, -0.25) is 9.59 Å². The van der Waals surface area contributed by atoms with E-state index >= 15 is 0 Å². The minimum absolute atomic E-state index is 0.0752. The predicted octanol–water partition coefficient (Wildman–Crippen LogP) is 0.952. The molecule has 18 heavy (non-hydrogen) atoms. The van der Waals surface area contributed by atoms with Crippen molar-refractivity contribution in [1.29, 1.82) is 0 Å². The number of hydrogen-bond acceptors (Lipinski definition) is 3. The third-order valence-corrected chi connectivity index (χ3v) is 2.48. The number of likely N-dealkylation sites (N-methyl/N-ethyl adjacent to an activating group) is 1. The van der Waals surface area contributed by atoms with Crippen LogP contribution in [0.3, 0.4) is 0 Å². The Morgan fingerprint density at radius 3 is 2.50 bits per heavy atom. The van der Waals surface area contributed by atoms with Gasteiger partial charge in [0.15, 0.2) is 0 Å². The maximum absolute atomic E-state index is 12.0. The molecule has 0 spiro atoms. The van der Waals surface area contributed by atoms with Gasteiger partial charge in [0.2, 0.25) is 11.8 Å². The summed E-state index contributed by atoms with van der Waals surface area (Å²) in [5.41, 5.74) is 0. The lowest BCUT2D eigenvalue weighted by Gasteiger charge is -2.22. The van der Waals surface area contributed by atoms with Crippen LogP contribution in [0.1, 0.15) is 27.2 Å². The Balaban J connectivity index is 4.35. The van der Waals surface area contributed by atoms with Gasteiger partial charge in [0.25, 0.3) is 0 Å². The fourth-order valence-corrected chi connectivity index (χ4v) is 1.37. The number of carbonyl (C=O) groups is 2. The number of carbonyl (C=O) groups excluding carboxylic acids is 2. The molecule has 5 nitrogen and oxygen atoms in total. The van der Waals surface area contributed by atoms with Crippen LogP contribution in [0.25, 0.3) is 0 Å². The van der Waals surface area contributed by atoms with Crippen molar-refractivity contribution in [3.05, 3.63) is 12.2 Å². The second-order valence-corrected chi connectivity index (χ2v) is 3.97. The first-order chi connectivity index (χ1) is 8.52. The van der Waals surface area contributed by atoms with Crippen molar-refractivity contribution in [2.45, 2.75) is 33.2 Å². The second kappa shape index (κ2) is 9.65. The molecular formula is C13H24N2O3. The van der Waals surface area contributed by atoms with Crippen molar-refractivity contribution < 1.29 is 14.3 Å². The highest BCUT2D eigenvalue weighted by atomic mass is 16.5. The summed E-state index contributed by atoms with van der Waals surface area (Å²) in [7, 11) is 1.72. The molecule has 1 N–H and O–H groups in total. The quantitative estimate of drug-likeness (QED) is 0.519. The van der Waals surface area contributed by atoms with Crippen LogP contribution in [0.2, 0.25) is 0 Å². The fourth-order valence-electron chi connectivity index (χ4n) is 1.37. The number of rotatable bonds is 8. The Labute approximate surface area is 109 Å². The molecule has 0 aliphatic rings. The van der Waals surface area contributed by atoms with Crippen molar-refractivity contribution in [1.82, 2.24) is 10.2 Å². The first-order valence-electron chi connectivity index (χ1n) is 6.27. The third kappa shape index (κ3) is 7.06. The summed E-state index contributed by atoms with van der Waals surface area (Å²) in [6, 6.07) is -0.495. The summed E-state index contributed by atoms with van der Waals surface area (Å²) in [6.45, 7) is 7.05. The molecule has 0 rings (SSSR count). The van der Waals surface area contributed by atoms with Crippen molar-refractivity contribution in [2.24, 2.45) is 0 Å². The Kier molecular flexibility index (Phi) is 8.92. The lowest BCUT2D eigenvalue weighted by molar-refractivity contribution is -0.134. The number of hydrogen-bond donors (Lipinski definition) is 1. The van der Waals surface area contributed by atoms with Crippen LogP contribution in [0.5, 0.6) is 0 Å². The highest BCUT2D eigenvalue weighted by molar-refractivity contribution is 5.86. The molecule has 0 saturated carbocycles. The van der Waals surface area contributed by atoms with E-state index in [2.05, 4.69) is 5.32 Å². The maximum Gasteiger partial charge on any atom is 0.245 e. The van der Waals surface area contributed by atoms with Gasteiger partial charge >= 0.3 is 0 Å². The molecule has 0 fully saturated rings. The standard InChI is InChI=1S/C13H24N2O3/c1-5-15(4)13(17)12(14-11(3)16)9-7-8-10-18-6-2/h7-8,12H,5-6,9-10H2,1-4H3,(H,14,16)/t12-/m0/s1. The lowest BCUT2D eigenvalue weighted by Crippen LogP contribution is -2.46. The van der Waals surface area contributed by atoms with E-state index in [0.29, 0.717) is 26.2 Å². The summed E-state index contributed by atoms with van der Waals surface area (Å²) in [5, 5.41) is 2.66. The summed E-state index contributed by atoms with van der Waals surface area (Å²) in [5.74, 6) is -0.273. The molecule has 1 atom stereocenters. The number of nitrogens with one attached hydrogen (secondary N) is 1. The first kappa shape index (κ1) is 16.6. The van der Waals surface area contributed by atoms with Crippen molar-refractivity contribution in [3.63, 3.8) is 0 Å². The Hall–Kier alpha value is -1.36. The molecule has 0 unspecified atom stereocenters. The van der Waals surface area contributed by atoms with E-state index in [1.165, 1.54) is 6.92 Å². The van der Waals surface area contributed by atoms with E-state index in [4.69, 9.17) is 4.74 Å². The molecule has 104 valence electrons. The molecule has 0 aliphatic carbocycles. The minimum Gasteiger partial charge on any atom is -0.378 e. The van der Waals surface area contributed by atoms with E-state index < -0.39 is 6.04 Å². The van der Waals surface area contributed by atoms with Gasteiger partial charge in [-0.15, -0.1) is 0 Å². The van der Waals surface area contributed by atoms with Crippen molar-refractivity contribution in [2.75, 3.05) is 26.8 Å². The van der Waals surface area contributed by atoms with E-state index in [-0.39, 0.29) is 11.8 Å². The van der Waals surface area contributed by atoms with E-state index in [9.17, 15) is 9.59 Å². The van der Waals surface area contributed by atoms with E-state index in [0.717, 1.165) is 0 Å². The normalized spacial score (nSPS) is 12.4. The maximum atomic E-state index is 12.0. The molecule has 0 aromatic carbocycles. The molecule has 5 heteroatoms. The molecule has 0 saturated heterocycles. The zero-order valence-electron chi connectivity index (χ0n) is 11.7. The van der Waals surface area contributed by atoms with Crippen molar-refractivity contribution >= 4 is 11.8 Å². The highest BCUT2D eigenvalue weighted by Crippen LogP contribution is 2.00. The number of ether oxygens (including phenoxy) is 1. The largest absolute Gasteiger partial charge is 0.378 e. The molecule has 0 radical (unpaired) electrons. The second-order valence-electron chi connectivity index (χ2n) is 3.97. The van der Waals surface area contributed by atoms with E-state index in [1.807, 2.05) is 26.0 Å². The lowest BCUT2D eigenvalue weighted by atomic mass is 10.1. The van der Waals surface area contributed by atoms with Gasteiger partial charge in [0, 0.05) is 27.1 Å². The Morgan fingerprint density at radius 2 is 2.00 bits per heavy atom. The summed E-state index contributed by atoms with van der Waals surface area (Å²) >= 11 is 0. The fraction of sp³-hybridized carbons (Fsp3) is 0.692. The Morgan fingerprint density at radius 1 is 1.33 bits per heavy atom. The third-order valence-electron chi connectivity index (χ3n) is 2.48. The summed E-state index contributed by atoms with van der Waals surface area (Å²) in [4.78, 5) is 24.6. The van der Waals surface area contributed by atoms with Gasteiger partial charge in [-0.2, -0.15) is 0 Å². The molecule has 0 aromatic rings. The van der Waals surface area contributed by atoms with Gasteiger partial charge in [-0.1, -0.05) is 12.2 Å². The first-order valence-corrected chi connectivity index (χ1v) is 6.27. The molecule has 0 heterocycles. The SMILES string of the molecule is CCOCC=CC[C@H](NC(C)=O)C(=O)N(C)CC.